The van der Waals surface area contributed by atoms with Crippen molar-refractivity contribution in [2.45, 2.75) is 70.6 Å². The largest absolute Gasteiger partial charge is 0.242 e. The van der Waals surface area contributed by atoms with Gasteiger partial charge in [-0.05, 0) is 30.7 Å². The van der Waals surface area contributed by atoms with Crippen molar-refractivity contribution in [3.05, 3.63) is 35.9 Å². The van der Waals surface area contributed by atoms with Crippen LogP contribution in [0.2, 0.25) is 0 Å². The molecule has 2 nitrogen and oxygen atoms in total. The Balaban J connectivity index is 2.18. The molecule has 0 saturated heterocycles. The van der Waals surface area contributed by atoms with E-state index in [0.29, 0.717) is 0 Å². The fourth-order valence-electron chi connectivity index (χ4n) is 3.12. The normalized spacial score (nSPS) is 21.7. The molecule has 0 aromatic heterocycles. The molecule has 3 heteroatoms. The molecule has 2 rings (SSSR count). The third kappa shape index (κ3) is 4.17. The molecule has 0 radical (unpaired) electrons. The zero-order valence-electron chi connectivity index (χ0n) is 13.8. The number of rotatable bonds is 4. The van der Waals surface area contributed by atoms with E-state index in [-0.39, 0.29) is 16.2 Å². The van der Waals surface area contributed by atoms with E-state index in [0.717, 1.165) is 12.8 Å². The Hall–Kier alpha value is -0.670. The Kier molecular flexibility index (Phi) is 5.26. The quantitative estimate of drug-likeness (QED) is 0.854. The summed E-state index contributed by atoms with van der Waals surface area (Å²) in [7, 11) is -0.999. The average molecular weight is 308 g/mol. The van der Waals surface area contributed by atoms with Crippen molar-refractivity contribution in [1.29, 1.82) is 0 Å². The predicted molar refractivity (Wildman–Crippen MR) is 91.4 cm³/mol. The van der Waals surface area contributed by atoms with Crippen LogP contribution in [-0.2, 0) is 11.0 Å². The number of benzene rings is 1. The lowest BCUT2D eigenvalue weighted by Crippen LogP contribution is -2.44. The first-order chi connectivity index (χ1) is 9.83. The second-order valence-corrected chi connectivity index (χ2v) is 9.37. The highest BCUT2D eigenvalue weighted by atomic mass is 32.2. The predicted octanol–water partition coefficient (Wildman–Crippen LogP) is 4.75. The maximum atomic E-state index is 13.0. The highest BCUT2D eigenvalue weighted by molar-refractivity contribution is 7.84. The highest BCUT2D eigenvalue weighted by Gasteiger charge is 2.37. The van der Waals surface area contributed by atoms with E-state index in [1.807, 2.05) is 6.07 Å². The summed E-state index contributed by atoms with van der Waals surface area (Å²) in [5.74, 6) is 0. The lowest BCUT2D eigenvalue weighted by molar-refractivity contribution is 0.303. The van der Waals surface area contributed by atoms with Gasteiger partial charge in [-0.15, -0.1) is 0 Å². The van der Waals surface area contributed by atoms with Gasteiger partial charge in [0.05, 0.1) is 15.7 Å². The van der Waals surface area contributed by atoms with Crippen LogP contribution in [-0.4, -0.2) is 8.96 Å². The van der Waals surface area contributed by atoms with E-state index >= 15 is 0 Å². The Bertz CT molecular complexity index is 472. The Morgan fingerprint density at radius 2 is 1.67 bits per heavy atom. The third-order valence-electron chi connectivity index (χ3n) is 4.58. The SMILES string of the molecule is CC(C)(C)[C@H](N[S@](=O)C1(C)CCCCC1)c1ccccc1. The Morgan fingerprint density at radius 1 is 1.10 bits per heavy atom. The minimum Gasteiger partial charge on any atom is -0.242 e. The van der Waals surface area contributed by atoms with E-state index in [1.165, 1.54) is 24.8 Å². The standard InChI is InChI=1S/C18H29NOS/c1-17(2,3)16(15-11-7-5-8-12-15)19-21(20)18(4)13-9-6-10-14-18/h5,7-8,11-12,16,19H,6,9-10,13-14H2,1-4H3/t16-,21-/m1/s1. The first-order valence-corrected chi connectivity index (χ1v) is 9.21. The second kappa shape index (κ2) is 6.62. The van der Waals surface area contributed by atoms with Crippen molar-refractivity contribution < 1.29 is 4.21 Å². The van der Waals surface area contributed by atoms with Crippen LogP contribution >= 0.6 is 0 Å². The third-order valence-corrected chi connectivity index (χ3v) is 6.34. The molecule has 21 heavy (non-hydrogen) atoms. The van der Waals surface area contributed by atoms with Crippen LogP contribution in [0.15, 0.2) is 30.3 Å². The summed E-state index contributed by atoms with van der Waals surface area (Å²) < 4.78 is 16.3. The molecule has 1 saturated carbocycles. The van der Waals surface area contributed by atoms with Gasteiger partial charge in [0.25, 0.3) is 0 Å². The van der Waals surface area contributed by atoms with Crippen molar-refractivity contribution >= 4 is 11.0 Å². The molecule has 0 amide bonds. The van der Waals surface area contributed by atoms with E-state index in [4.69, 9.17) is 0 Å². The molecule has 1 aromatic rings. The number of nitrogens with one attached hydrogen (secondary N) is 1. The van der Waals surface area contributed by atoms with Crippen LogP contribution in [0.4, 0.5) is 0 Å². The van der Waals surface area contributed by atoms with Crippen molar-refractivity contribution in [2.75, 3.05) is 0 Å². The van der Waals surface area contributed by atoms with Crippen molar-refractivity contribution in [2.24, 2.45) is 5.41 Å². The Labute approximate surface area is 132 Å². The van der Waals surface area contributed by atoms with Gasteiger partial charge in [0.2, 0.25) is 0 Å². The molecule has 1 aromatic carbocycles. The summed E-state index contributed by atoms with van der Waals surface area (Å²) in [5.41, 5.74) is 1.25. The molecule has 118 valence electrons. The molecule has 0 bridgehead atoms. The molecule has 0 heterocycles. The fourth-order valence-corrected chi connectivity index (χ4v) is 4.77. The molecular weight excluding hydrogens is 278 g/mol. The lowest BCUT2D eigenvalue weighted by atomic mass is 9.83. The molecule has 1 N–H and O–H groups in total. The van der Waals surface area contributed by atoms with Crippen LogP contribution in [0.25, 0.3) is 0 Å². The van der Waals surface area contributed by atoms with Gasteiger partial charge in [0.15, 0.2) is 0 Å². The van der Waals surface area contributed by atoms with Gasteiger partial charge in [-0.1, -0.05) is 70.4 Å². The monoisotopic (exact) mass is 307 g/mol. The summed E-state index contributed by atoms with van der Waals surface area (Å²) in [4.78, 5) is 0. The minimum absolute atomic E-state index is 0.0298. The van der Waals surface area contributed by atoms with E-state index in [9.17, 15) is 4.21 Å². The van der Waals surface area contributed by atoms with Gasteiger partial charge in [0.1, 0.15) is 0 Å². The van der Waals surface area contributed by atoms with Gasteiger partial charge >= 0.3 is 0 Å². The van der Waals surface area contributed by atoms with Crippen LogP contribution in [0, 0.1) is 5.41 Å². The van der Waals surface area contributed by atoms with E-state index in [1.54, 1.807) is 0 Å². The summed E-state index contributed by atoms with van der Waals surface area (Å²) >= 11 is 0. The van der Waals surface area contributed by atoms with Crippen molar-refractivity contribution in [1.82, 2.24) is 4.72 Å². The van der Waals surface area contributed by atoms with E-state index < -0.39 is 11.0 Å². The summed E-state index contributed by atoms with van der Waals surface area (Å²) in [5, 5.41) is 0. The van der Waals surface area contributed by atoms with Gasteiger partial charge < -0.3 is 0 Å². The number of hydrogen-bond acceptors (Lipinski definition) is 1. The van der Waals surface area contributed by atoms with Gasteiger partial charge in [-0.25, -0.2) is 8.93 Å². The zero-order valence-corrected chi connectivity index (χ0v) is 14.6. The van der Waals surface area contributed by atoms with Crippen LogP contribution < -0.4 is 4.72 Å². The second-order valence-electron chi connectivity index (χ2n) is 7.61. The molecule has 1 aliphatic rings. The van der Waals surface area contributed by atoms with Crippen LogP contribution in [0.3, 0.4) is 0 Å². The van der Waals surface area contributed by atoms with Gasteiger partial charge in [0, 0.05) is 6.04 Å². The summed E-state index contributed by atoms with van der Waals surface area (Å²) in [6.07, 6.45) is 5.83. The average Bonchev–Trinajstić information content (AvgIpc) is 2.45. The molecule has 0 unspecified atom stereocenters. The van der Waals surface area contributed by atoms with Gasteiger partial charge in [-0.2, -0.15) is 0 Å². The van der Waals surface area contributed by atoms with Crippen LogP contribution in [0.1, 0.15) is 71.4 Å². The first kappa shape index (κ1) is 16.7. The maximum absolute atomic E-state index is 13.0. The molecule has 1 fully saturated rings. The molecule has 1 aliphatic carbocycles. The molecule has 0 aliphatic heterocycles. The Morgan fingerprint density at radius 3 is 2.19 bits per heavy atom. The smallest absolute Gasteiger partial charge is 0.0981 e. The molecular formula is C18H29NOS. The minimum atomic E-state index is -0.999. The maximum Gasteiger partial charge on any atom is 0.0981 e. The lowest BCUT2D eigenvalue weighted by Gasteiger charge is -2.37. The first-order valence-electron chi connectivity index (χ1n) is 8.06. The van der Waals surface area contributed by atoms with E-state index in [2.05, 4.69) is 56.7 Å². The van der Waals surface area contributed by atoms with Gasteiger partial charge in [-0.3, -0.25) is 0 Å². The molecule has 0 spiro atoms. The fraction of sp³-hybridized carbons (Fsp3) is 0.667. The van der Waals surface area contributed by atoms with Crippen molar-refractivity contribution in [3.63, 3.8) is 0 Å². The van der Waals surface area contributed by atoms with Crippen LogP contribution in [0.5, 0.6) is 0 Å². The summed E-state index contributed by atoms with van der Waals surface area (Å²) in [6, 6.07) is 10.5. The highest BCUT2D eigenvalue weighted by Crippen LogP contribution is 2.37. The number of hydrogen-bond donors (Lipinski definition) is 1. The topological polar surface area (TPSA) is 29.1 Å². The summed E-state index contributed by atoms with van der Waals surface area (Å²) in [6.45, 7) is 8.80. The van der Waals surface area contributed by atoms with Crippen molar-refractivity contribution in [3.8, 4) is 0 Å². The zero-order chi connectivity index (χ0) is 15.5. The molecule has 2 atom stereocenters.